The first kappa shape index (κ1) is 17.8. The smallest absolute Gasteiger partial charge is 0.278 e. The Morgan fingerprint density at radius 1 is 0.821 bits per heavy atom. The highest BCUT2D eigenvalue weighted by Crippen LogP contribution is 2.30. The van der Waals surface area contributed by atoms with Crippen molar-refractivity contribution in [2.45, 2.75) is 0 Å². The molecule has 138 valence electrons. The van der Waals surface area contributed by atoms with Crippen LogP contribution >= 0.6 is 11.3 Å². The first-order valence-corrected chi connectivity index (χ1v) is 9.46. The van der Waals surface area contributed by atoms with Crippen LogP contribution < -0.4 is 14.8 Å². The van der Waals surface area contributed by atoms with Gasteiger partial charge in [0.15, 0.2) is 5.75 Å². The zero-order valence-electron chi connectivity index (χ0n) is 14.7. The summed E-state index contributed by atoms with van der Waals surface area (Å²) < 4.78 is 11.5. The van der Waals surface area contributed by atoms with E-state index in [1.54, 1.807) is 36.5 Å². The Morgan fingerprint density at radius 2 is 1.54 bits per heavy atom. The van der Waals surface area contributed by atoms with Gasteiger partial charge in [0.2, 0.25) is 0 Å². The molecule has 1 amide bonds. The normalized spacial score (nSPS) is 10.3. The van der Waals surface area contributed by atoms with Crippen LogP contribution in [0.5, 0.6) is 22.4 Å². The van der Waals surface area contributed by atoms with Crippen LogP contribution in [0.4, 0.5) is 5.69 Å². The second kappa shape index (κ2) is 8.37. The van der Waals surface area contributed by atoms with Gasteiger partial charge in [-0.2, -0.15) is 0 Å². The Labute approximate surface area is 166 Å². The average Bonchev–Trinajstić information content (AvgIpc) is 3.24. The number of carbonyl (C=O) groups excluding carboxylic acids is 1. The fourth-order valence-electron chi connectivity index (χ4n) is 2.50. The standard InChI is InChI=1S/C22H16N2O3S/c25-21(16-10-12-18(13-11-16)27-22-23-14-15-28-22)24-19-8-4-5-9-20(19)26-17-6-2-1-3-7-17/h1-15H,(H,24,25). The van der Waals surface area contributed by atoms with E-state index in [1.165, 1.54) is 11.3 Å². The largest absolute Gasteiger partial charge is 0.455 e. The first-order chi connectivity index (χ1) is 13.8. The fraction of sp³-hybridized carbons (Fsp3) is 0. The number of rotatable bonds is 6. The summed E-state index contributed by atoms with van der Waals surface area (Å²) in [5.74, 6) is 1.67. The average molecular weight is 388 g/mol. The molecular formula is C22H16N2O3S. The number of thiazole rings is 1. The molecular weight excluding hydrogens is 372 g/mol. The van der Waals surface area contributed by atoms with Gasteiger partial charge in [0, 0.05) is 17.1 Å². The highest BCUT2D eigenvalue weighted by molar-refractivity contribution is 7.11. The second-order valence-corrected chi connectivity index (χ2v) is 6.65. The fourth-order valence-corrected chi connectivity index (χ4v) is 3.01. The molecule has 3 aromatic carbocycles. The van der Waals surface area contributed by atoms with E-state index in [9.17, 15) is 4.79 Å². The van der Waals surface area contributed by atoms with Crippen LogP contribution in [0.3, 0.4) is 0 Å². The number of carbonyl (C=O) groups is 1. The number of hydrogen-bond donors (Lipinski definition) is 1. The number of benzene rings is 3. The van der Waals surface area contributed by atoms with Gasteiger partial charge >= 0.3 is 0 Å². The van der Waals surface area contributed by atoms with Crippen molar-refractivity contribution in [1.29, 1.82) is 0 Å². The molecule has 4 aromatic rings. The van der Waals surface area contributed by atoms with Gasteiger partial charge in [-0.05, 0) is 48.5 Å². The van der Waals surface area contributed by atoms with Gasteiger partial charge in [-0.15, -0.1) is 0 Å². The molecule has 6 heteroatoms. The summed E-state index contributed by atoms with van der Waals surface area (Å²) in [5, 5.41) is 5.30. The van der Waals surface area contributed by atoms with Crippen molar-refractivity contribution >= 4 is 22.9 Å². The van der Waals surface area contributed by atoms with Crippen LogP contribution in [-0.4, -0.2) is 10.9 Å². The summed E-state index contributed by atoms with van der Waals surface area (Å²) in [6.07, 6.45) is 1.68. The molecule has 5 nitrogen and oxygen atoms in total. The van der Waals surface area contributed by atoms with E-state index in [4.69, 9.17) is 9.47 Å². The molecule has 0 fully saturated rings. The number of amides is 1. The molecule has 0 atom stereocenters. The monoisotopic (exact) mass is 388 g/mol. The summed E-state index contributed by atoms with van der Waals surface area (Å²) in [4.78, 5) is 16.7. The van der Waals surface area contributed by atoms with Gasteiger partial charge < -0.3 is 14.8 Å². The molecule has 1 heterocycles. The van der Waals surface area contributed by atoms with Crippen LogP contribution in [0, 0.1) is 0 Å². The predicted octanol–water partition coefficient (Wildman–Crippen LogP) is 5.98. The Kier molecular flexibility index (Phi) is 5.31. The summed E-state index contributed by atoms with van der Waals surface area (Å²) in [5.41, 5.74) is 1.11. The molecule has 0 aliphatic carbocycles. The van der Waals surface area contributed by atoms with Crippen LogP contribution in [-0.2, 0) is 0 Å². The molecule has 4 rings (SSSR count). The van der Waals surface area contributed by atoms with Crippen molar-refractivity contribution in [2.24, 2.45) is 0 Å². The highest BCUT2D eigenvalue weighted by atomic mass is 32.1. The minimum Gasteiger partial charge on any atom is -0.455 e. The van der Waals surface area contributed by atoms with Crippen LogP contribution in [0.2, 0.25) is 0 Å². The molecule has 0 aliphatic heterocycles. The number of anilines is 1. The molecule has 0 saturated carbocycles. The molecule has 0 unspecified atom stereocenters. The molecule has 28 heavy (non-hydrogen) atoms. The van der Waals surface area contributed by atoms with E-state index < -0.39 is 0 Å². The maximum atomic E-state index is 12.6. The Hall–Kier alpha value is -3.64. The number of aromatic nitrogens is 1. The molecule has 0 aliphatic rings. The predicted molar refractivity (Wildman–Crippen MR) is 110 cm³/mol. The number of ether oxygens (including phenoxy) is 2. The van der Waals surface area contributed by atoms with Gasteiger partial charge in [0.05, 0.1) is 5.69 Å². The van der Waals surface area contributed by atoms with Crippen molar-refractivity contribution < 1.29 is 14.3 Å². The minimum atomic E-state index is -0.232. The molecule has 0 radical (unpaired) electrons. The molecule has 1 N–H and O–H groups in total. The van der Waals surface area contributed by atoms with Crippen molar-refractivity contribution in [3.63, 3.8) is 0 Å². The lowest BCUT2D eigenvalue weighted by atomic mass is 10.2. The minimum absolute atomic E-state index is 0.232. The van der Waals surface area contributed by atoms with Crippen LogP contribution in [0.25, 0.3) is 0 Å². The maximum absolute atomic E-state index is 12.6. The van der Waals surface area contributed by atoms with Crippen molar-refractivity contribution in [3.8, 4) is 22.4 Å². The topological polar surface area (TPSA) is 60.5 Å². The van der Waals surface area contributed by atoms with E-state index in [0.29, 0.717) is 33.7 Å². The van der Waals surface area contributed by atoms with Crippen molar-refractivity contribution in [3.05, 3.63) is 96.0 Å². The third kappa shape index (κ3) is 4.36. The van der Waals surface area contributed by atoms with Gasteiger partial charge in [-0.3, -0.25) is 4.79 Å². The Bertz CT molecular complexity index is 1050. The number of para-hydroxylation sites is 3. The third-order valence-electron chi connectivity index (χ3n) is 3.84. The SMILES string of the molecule is O=C(Nc1ccccc1Oc1ccccc1)c1ccc(Oc2nccs2)cc1. The zero-order chi connectivity index (χ0) is 19.2. The van der Waals surface area contributed by atoms with Gasteiger partial charge in [-0.1, -0.05) is 41.7 Å². The molecule has 0 bridgehead atoms. The lowest BCUT2D eigenvalue weighted by Crippen LogP contribution is -2.12. The Morgan fingerprint density at radius 3 is 2.29 bits per heavy atom. The molecule has 1 aromatic heterocycles. The van der Waals surface area contributed by atoms with Crippen LogP contribution in [0.1, 0.15) is 10.4 Å². The molecule has 0 saturated heterocycles. The molecule has 0 spiro atoms. The van der Waals surface area contributed by atoms with Gasteiger partial charge in [0.1, 0.15) is 11.5 Å². The number of nitrogens with zero attached hydrogens (tertiary/aromatic N) is 1. The zero-order valence-corrected chi connectivity index (χ0v) is 15.6. The van der Waals surface area contributed by atoms with E-state index in [0.717, 1.165) is 0 Å². The van der Waals surface area contributed by atoms with E-state index in [1.807, 2.05) is 53.9 Å². The van der Waals surface area contributed by atoms with E-state index >= 15 is 0 Å². The van der Waals surface area contributed by atoms with E-state index in [2.05, 4.69) is 10.3 Å². The third-order valence-corrected chi connectivity index (χ3v) is 4.49. The number of hydrogen-bond acceptors (Lipinski definition) is 5. The Balaban J connectivity index is 1.46. The lowest BCUT2D eigenvalue weighted by Gasteiger charge is -2.12. The van der Waals surface area contributed by atoms with Crippen LogP contribution in [0.15, 0.2) is 90.4 Å². The van der Waals surface area contributed by atoms with Gasteiger partial charge in [-0.25, -0.2) is 4.98 Å². The first-order valence-electron chi connectivity index (χ1n) is 8.58. The summed E-state index contributed by atoms with van der Waals surface area (Å²) in [6, 6.07) is 23.6. The van der Waals surface area contributed by atoms with E-state index in [-0.39, 0.29) is 5.91 Å². The van der Waals surface area contributed by atoms with Crippen molar-refractivity contribution in [1.82, 2.24) is 4.98 Å². The van der Waals surface area contributed by atoms with Crippen molar-refractivity contribution in [2.75, 3.05) is 5.32 Å². The number of nitrogens with one attached hydrogen (secondary N) is 1. The lowest BCUT2D eigenvalue weighted by molar-refractivity contribution is 0.102. The second-order valence-electron chi connectivity index (χ2n) is 5.79. The highest BCUT2D eigenvalue weighted by Gasteiger charge is 2.11. The summed E-state index contributed by atoms with van der Waals surface area (Å²) >= 11 is 1.41. The van der Waals surface area contributed by atoms with Gasteiger partial charge in [0.25, 0.3) is 11.1 Å². The maximum Gasteiger partial charge on any atom is 0.278 e. The summed E-state index contributed by atoms with van der Waals surface area (Å²) in [7, 11) is 0. The summed E-state index contributed by atoms with van der Waals surface area (Å²) in [6.45, 7) is 0. The quantitative estimate of drug-likeness (QED) is 0.441.